The minimum Gasteiger partial charge on any atom is -0.468 e. The largest absolute Gasteiger partial charge is 0.468 e. The van der Waals surface area contributed by atoms with Crippen molar-refractivity contribution in [3.8, 4) is 5.88 Å². The van der Waals surface area contributed by atoms with Crippen LogP contribution >= 0.6 is 35.3 Å². The van der Waals surface area contributed by atoms with Crippen LogP contribution in [0.4, 0.5) is 13.2 Å². The molecule has 2 aromatic heterocycles. The number of nitrogens with one attached hydrogen (secondary N) is 2. The Morgan fingerprint density at radius 2 is 2.11 bits per heavy atom. The molecule has 5 nitrogen and oxygen atoms in total. The van der Waals surface area contributed by atoms with Crippen molar-refractivity contribution >= 4 is 41.3 Å². The van der Waals surface area contributed by atoms with Crippen molar-refractivity contribution in [2.24, 2.45) is 4.99 Å². The lowest BCUT2D eigenvalue weighted by Gasteiger charge is -2.15. The van der Waals surface area contributed by atoms with Gasteiger partial charge >= 0.3 is 6.18 Å². The van der Waals surface area contributed by atoms with E-state index in [2.05, 4.69) is 43.7 Å². The minimum atomic E-state index is -4.39. The van der Waals surface area contributed by atoms with E-state index in [9.17, 15) is 13.2 Å². The van der Waals surface area contributed by atoms with Crippen LogP contribution in [-0.2, 0) is 6.54 Å². The van der Waals surface area contributed by atoms with E-state index in [4.69, 9.17) is 0 Å². The first-order valence-corrected chi connectivity index (χ1v) is 9.50. The Hall–Kier alpha value is -1.56. The number of thiophene rings is 1. The van der Waals surface area contributed by atoms with Gasteiger partial charge in [0.15, 0.2) is 12.6 Å². The molecule has 1 atom stereocenters. The molecule has 0 aliphatic carbocycles. The molecule has 0 saturated heterocycles. The molecule has 2 rings (SSSR count). The van der Waals surface area contributed by atoms with Crippen LogP contribution in [0.15, 0.2) is 40.1 Å². The van der Waals surface area contributed by atoms with Crippen molar-refractivity contribution < 1.29 is 17.9 Å². The minimum absolute atomic E-state index is 0. The molecule has 0 fully saturated rings. The van der Waals surface area contributed by atoms with Crippen molar-refractivity contribution in [1.29, 1.82) is 0 Å². The number of ether oxygens (including phenoxy) is 1. The van der Waals surface area contributed by atoms with Crippen LogP contribution in [-0.4, -0.2) is 36.8 Å². The van der Waals surface area contributed by atoms with Crippen molar-refractivity contribution in [3.63, 3.8) is 0 Å². The first-order valence-electron chi connectivity index (χ1n) is 8.56. The van der Waals surface area contributed by atoms with Crippen LogP contribution in [0.3, 0.4) is 0 Å². The molecule has 156 valence electrons. The highest BCUT2D eigenvalue weighted by Gasteiger charge is 2.28. The summed E-state index contributed by atoms with van der Waals surface area (Å²) in [6.45, 7) is 4.46. The molecule has 10 heteroatoms. The van der Waals surface area contributed by atoms with Gasteiger partial charge in [0.25, 0.3) is 0 Å². The second-order valence-electron chi connectivity index (χ2n) is 5.94. The first-order chi connectivity index (χ1) is 12.9. The predicted octanol–water partition coefficient (Wildman–Crippen LogP) is 4.56. The van der Waals surface area contributed by atoms with Gasteiger partial charge in [-0.15, -0.1) is 24.0 Å². The van der Waals surface area contributed by atoms with E-state index >= 15 is 0 Å². The molecular weight excluding hydrogens is 504 g/mol. The van der Waals surface area contributed by atoms with E-state index in [0.29, 0.717) is 30.5 Å². The molecule has 0 aliphatic heterocycles. The molecule has 2 heterocycles. The van der Waals surface area contributed by atoms with Crippen LogP contribution < -0.4 is 15.4 Å². The smallest absolute Gasteiger partial charge is 0.422 e. The third-order valence-electron chi connectivity index (χ3n) is 3.63. The number of alkyl halides is 3. The van der Waals surface area contributed by atoms with Crippen molar-refractivity contribution in [1.82, 2.24) is 15.6 Å². The summed E-state index contributed by atoms with van der Waals surface area (Å²) in [6.07, 6.45) is -2.98. The maximum atomic E-state index is 12.2. The Morgan fingerprint density at radius 3 is 2.75 bits per heavy atom. The van der Waals surface area contributed by atoms with Crippen molar-refractivity contribution in [2.45, 2.75) is 32.5 Å². The van der Waals surface area contributed by atoms with Crippen molar-refractivity contribution in [2.75, 3.05) is 19.7 Å². The van der Waals surface area contributed by atoms with Crippen LogP contribution in [0, 0.1) is 0 Å². The van der Waals surface area contributed by atoms with Gasteiger partial charge in [-0.3, -0.25) is 0 Å². The number of aromatic nitrogens is 1. The van der Waals surface area contributed by atoms with Gasteiger partial charge in [0.05, 0.1) is 6.54 Å². The Labute approximate surface area is 183 Å². The van der Waals surface area contributed by atoms with E-state index < -0.39 is 12.8 Å². The number of guanidine groups is 1. The van der Waals surface area contributed by atoms with E-state index in [1.807, 2.05) is 12.3 Å². The monoisotopic (exact) mass is 528 g/mol. The SMILES string of the molecule is CCNC(=NCc1ccnc(OCC(F)(F)F)c1)NCC(C)c1ccsc1.I. The third-order valence-corrected chi connectivity index (χ3v) is 4.34. The van der Waals surface area contributed by atoms with Gasteiger partial charge in [0.2, 0.25) is 5.88 Å². The lowest BCUT2D eigenvalue weighted by molar-refractivity contribution is -0.154. The number of hydrogen-bond acceptors (Lipinski definition) is 4. The number of aliphatic imine (C=N–C) groups is 1. The van der Waals surface area contributed by atoms with Gasteiger partial charge < -0.3 is 15.4 Å². The normalized spacial score (nSPS) is 12.8. The Bertz CT molecular complexity index is 726. The highest BCUT2D eigenvalue weighted by molar-refractivity contribution is 14.0. The summed E-state index contributed by atoms with van der Waals surface area (Å²) in [7, 11) is 0. The molecule has 0 aromatic carbocycles. The summed E-state index contributed by atoms with van der Waals surface area (Å²) >= 11 is 1.66. The summed E-state index contributed by atoms with van der Waals surface area (Å²) < 4.78 is 41.4. The number of halogens is 4. The van der Waals surface area contributed by atoms with Crippen LogP contribution in [0.1, 0.15) is 30.9 Å². The van der Waals surface area contributed by atoms with Gasteiger partial charge in [0.1, 0.15) is 0 Å². The Balaban J connectivity index is 0.00000392. The highest BCUT2D eigenvalue weighted by atomic mass is 127. The number of rotatable bonds is 8. The summed E-state index contributed by atoms with van der Waals surface area (Å²) in [5.41, 5.74) is 1.98. The first kappa shape index (κ1) is 24.5. The molecule has 28 heavy (non-hydrogen) atoms. The summed E-state index contributed by atoms with van der Waals surface area (Å²) in [5, 5.41) is 10.6. The van der Waals surface area contributed by atoms with Crippen LogP contribution in [0.5, 0.6) is 5.88 Å². The lowest BCUT2D eigenvalue weighted by Crippen LogP contribution is -2.39. The zero-order valence-corrected chi connectivity index (χ0v) is 18.8. The summed E-state index contributed by atoms with van der Waals surface area (Å²) in [4.78, 5) is 8.27. The molecule has 2 N–H and O–H groups in total. The Kier molecular flexibility index (Phi) is 10.6. The fourth-order valence-electron chi connectivity index (χ4n) is 2.22. The van der Waals surface area contributed by atoms with E-state index in [-0.39, 0.29) is 29.9 Å². The third kappa shape index (κ3) is 9.09. The number of hydrogen-bond donors (Lipinski definition) is 2. The molecular formula is C18H24F3IN4OS. The average molecular weight is 528 g/mol. The summed E-state index contributed by atoms with van der Waals surface area (Å²) in [6, 6.07) is 5.26. The van der Waals surface area contributed by atoms with Gasteiger partial charge in [0, 0.05) is 25.4 Å². The molecule has 0 saturated carbocycles. The van der Waals surface area contributed by atoms with E-state index in [0.717, 1.165) is 6.54 Å². The average Bonchev–Trinajstić information content (AvgIpc) is 3.17. The highest BCUT2D eigenvalue weighted by Crippen LogP contribution is 2.18. The van der Waals surface area contributed by atoms with Gasteiger partial charge in [-0.05, 0) is 46.9 Å². The molecule has 2 aromatic rings. The predicted molar refractivity (Wildman–Crippen MR) is 117 cm³/mol. The quantitative estimate of drug-likeness (QED) is 0.300. The maximum absolute atomic E-state index is 12.2. The second-order valence-corrected chi connectivity index (χ2v) is 6.72. The van der Waals surface area contributed by atoms with E-state index in [1.54, 1.807) is 17.4 Å². The second kappa shape index (κ2) is 12.1. The van der Waals surface area contributed by atoms with Gasteiger partial charge in [-0.2, -0.15) is 24.5 Å². The standard InChI is InChI=1S/C18H23F3N4OS.HI/c1-3-22-17(24-9-13(2)15-5-7-27-11-15)25-10-14-4-6-23-16(8-14)26-12-18(19,20)21;/h4-8,11,13H,3,9-10,12H2,1-2H3,(H2,22,24,25);1H. The zero-order chi connectivity index (χ0) is 19.7. The fourth-order valence-corrected chi connectivity index (χ4v) is 3.00. The van der Waals surface area contributed by atoms with Crippen LogP contribution in [0.25, 0.3) is 0 Å². The van der Waals surface area contributed by atoms with Gasteiger partial charge in [-0.25, -0.2) is 9.98 Å². The zero-order valence-electron chi connectivity index (χ0n) is 15.6. The molecule has 0 radical (unpaired) electrons. The Morgan fingerprint density at radius 1 is 1.32 bits per heavy atom. The molecule has 0 aliphatic rings. The number of pyridine rings is 1. The molecule has 0 amide bonds. The van der Waals surface area contributed by atoms with E-state index in [1.165, 1.54) is 17.8 Å². The molecule has 0 spiro atoms. The van der Waals surface area contributed by atoms with Crippen LogP contribution in [0.2, 0.25) is 0 Å². The fraction of sp³-hybridized carbons (Fsp3) is 0.444. The lowest BCUT2D eigenvalue weighted by atomic mass is 10.1. The molecule has 0 bridgehead atoms. The maximum Gasteiger partial charge on any atom is 0.422 e. The van der Waals surface area contributed by atoms with Crippen molar-refractivity contribution in [3.05, 3.63) is 46.3 Å². The summed E-state index contributed by atoms with van der Waals surface area (Å²) in [5.74, 6) is 0.918. The van der Waals surface area contributed by atoms with Gasteiger partial charge in [-0.1, -0.05) is 6.92 Å². The topological polar surface area (TPSA) is 58.5 Å². The molecule has 1 unspecified atom stereocenters. The number of nitrogens with zero attached hydrogens (tertiary/aromatic N) is 2.